The van der Waals surface area contributed by atoms with Gasteiger partial charge in [0.05, 0.1) is 11.6 Å². The Labute approximate surface area is 125 Å². The molecule has 0 bridgehead atoms. The van der Waals surface area contributed by atoms with Crippen molar-refractivity contribution in [2.45, 2.75) is 18.9 Å². The fourth-order valence-electron chi connectivity index (χ4n) is 2.54. The number of para-hydroxylation sites is 1. The first-order chi connectivity index (χ1) is 10.1. The molecule has 3 rings (SSSR count). The Balaban J connectivity index is 1.98. The first kappa shape index (κ1) is 14.1. The lowest BCUT2D eigenvalue weighted by molar-refractivity contribution is 0.158. The second-order valence-electron chi connectivity index (χ2n) is 6.04. The van der Waals surface area contributed by atoms with E-state index in [1.807, 2.05) is 55.2 Å². The molecule has 1 heterocycles. The van der Waals surface area contributed by atoms with E-state index in [0.717, 1.165) is 29.6 Å². The number of nitrogens with zero attached hydrogens (tertiary/aromatic N) is 4. The molecule has 5 nitrogen and oxygen atoms in total. The van der Waals surface area contributed by atoms with Gasteiger partial charge in [0.2, 0.25) is 5.95 Å². The van der Waals surface area contributed by atoms with E-state index in [-0.39, 0.29) is 6.10 Å². The van der Waals surface area contributed by atoms with Gasteiger partial charge in [-0.1, -0.05) is 12.1 Å². The third kappa shape index (κ3) is 2.93. The number of likely N-dealkylation sites (N-methyl/N-ethyl adjacent to an activating group) is 1. The summed E-state index contributed by atoms with van der Waals surface area (Å²) >= 11 is 0. The van der Waals surface area contributed by atoms with E-state index < -0.39 is 0 Å². The van der Waals surface area contributed by atoms with Crippen LogP contribution in [0, 0.1) is 5.92 Å². The number of hydrogen-bond donors (Lipinski definition) is 1. The maximum atomic E-state index is 10.2. The van der Waals surface area contributed by atoms with Crippen molar-refractivity contribution in [1.82, 2.24) is 9.97 Å². The largest absolute Gasteiger partial charge is 0.391 e. The van der Waals surface area contributed by atoms with Crippen LogP contribution in [0.1, 0.15) is 12.8 Å². The predicted octanol–water partition coefficient (Wildman–Crippen LogP) is 1.90. The molecule has 1 atom stereocenters. The van der Waals surface area contributed by atoms with Crippen LogP contribution in [0.3, 0.4) is 0 Å². The minimum atomic E-state index is -0.272. The molecule has 0 radical (unpaired) electrons. The smallest absolute Gasteiger partial charge is 0.227 e. The molecule has 1 aromatic carbocycles. The molecular formula is C16H22N4O. The van der Waals surface area contributed by atoms with Gasteiger partial charge in [-0.05, 0) is 30.9 Å². The third-order valence-electron chi connectivity index (χ3n) is 3.96. The molecule has 0 aliphatic heterocycles. The fraction of sp³-hybridized carbons (Fsp3) is 0.500. The zero-order valence-electron chi connectivity index (χ0n) is 12.8. The highest BCUT2D eigenvalue weighted by atomic mass is 16.3. The van der Waals surface area contributed by atoms with Gasteiger partial charge in [0.15, 0.2) is 0 Å². The van der Waals surface area contributed by atoms with Crippen molar-refractivity contribution in [2.75, 3.05) is 37.5 Å². The van der Waals surface area contributed by atoms with E-state index in [1.54, 1.807) is 0 Å². The molecule has 21 heavy (non-hydrogen) atoms. The molecule has 1 N–H and O–H groups in total. The van der Waals surface area contributed by atoms with Gasteiger partial charge in [0, 0.05) is 33.1 Å². The first-order valence-corrected chi connectivity index (χ1v) is 7.39. The molecule has 0 amide bonds. The van der Waals surface area contributed by atoms with Crippen LogP contribution in [-0.4, -0.2) is 48.9 Å². The predicted molar refractivity (Wildman–Crippen MR) is 85.9 cm³/mol. The van der Waals surface area contributed by atoms with E-state index >= 15 is 0 Å². The summed E-state index contributed by atoms with van der Waals surface area (Å²) in [5.41, 5.74) is 0.930. The highest BCUT2D eigenvalue weighted by molar-refractivity contribution is 5.90. The number of fused-ring (bicyclic) bond motifs is 1. The molecule has 1 aromatic heterocycles. The summed E-state index contributed by atoms with van der Waals surface area (Å²) < 4.78 is 0. The Hall–Kier alpha value is -1.88. The molecule has 1 saturated carbocycles. The van der Waals surface area contributed by atoms with Crippen molar-refractivity contribution in [3.63, 3.8) is 0 Å². The fourth-order valence-corrected chi connectivity index (χ4v) is 2.54. The lowest BCUT2D eigenvalue weighted by atomic mass is 10.2. The molecule has 5 heteroatoms. The summed E-state index contributed by atoms with van der Waals surface area (Å²) in [6.45, 7) is 0.610. The summed E-state index contributed by atoms with van der Waals surface area (Å²) in [4.78, 5) is 13.2. The Morgan fingerprint density at radius 3 is 2.57 bits per heavy atom. The van der Waals surface area contributed by atoms with Crippen LogP contribution >= 0.6 is 0 Å². The minimum absolute atomic E-state index is 0.272. The number of aliphatic hydroxyl groups is 1. The second kappa shape index (κ2) is 5.48. The first-order valence-electron chi connectivity index (χ1n) is 7.39. The summed E-state index contributed by atoms with van der Waals surface area (Å²) in [5, 5.41) is 11.2. The number of rotatable bonds is 5. The molecular weight excluding hydrogens is 264 g/mol. The van der Waals surface area contributed by atoms with Gasteiger partial charge in [0.25, 0.3) is 0 Å². The number of benzene rings is 1. The van der Waals surface area contributed by atoms with E-state index in [2.05, 4.69) is 9.97 Å². The Morgan fingerprint density at radius 2 is 1.90 bits per heavy atom. The number of aromatic nitrogens is 2. The lowest BCUT2D eigenvalue weighted by Crippen LogP contribution is -2.31. The van der Waals surface area contributed by atoms with Crippen LogP contribution in [0.4, 0.5) is 11.8 Å². The molecule has 1 aliphatic carbocycles. The van der Waals surface area contributed by atoms with Crippen molar-refractivity contribution >= 4 is 22.7 Å². The molecule has 1 unspecified atom stereocenters. The van der Waals surface area contributed by atoms with Crippen LogP contribution in [0.15, 0.2) is 24.3 Å². The van der Waals surface area contributed by atoms with Crippen molar-refractivity contribution in [2.24, 2.45) is 5.92 Å². The molecule has 1 fully saturated rings. The van der Waals surface area contributed by atoms with Gasteiger partial charge in [-0.3, -0.25) is 0 Å². The van der Waals surface area contributed by atoms with E-state index in [9.17, 15) is 5.11 Å². The monoisotopic (exact) mass is 286 g/mol. The molecule has 2 aromatic rings. The van der Waals surface area contributed by atoms with Crippen LogP contribution < -0.4 is 9.80 Å². The second-order valence-corrected chi connectivity index (χ2v) is 6.04. The highest BCUT2D eigenvalue weighted by Crippen LogP contribution is 2.34. The maximum Gasteiger partial charge on any atom is 0.227 e. The van der Waals surface area contributed by atoms with Gasteiger partial charge in [-0.15, -0.1) is 0 Å². The molecule has 112 valence electrons. The topological polar surface area (TPSA) is 52.5 Å². The van der Waals surface area contributed by atoms with Gasteiger partial charge in [-0.2, -0.15) is 4.98 Å². The minimum Gasteiger partial charge on any atom is -0.391 e. The van der Waals surface area contributed by atoms with Crippen molar-refractivity contribution in [3.05, 3.63) is 24.3 Å². The van der Waals surface area contributed by atoms with Crippen molar-refractivity contribution < 1.29 is 5.11 Å². The SMILES string of the molecule is CN(C)c1nc(N(C)CC(O)C2CC2)c2ccccc2n1. The summed E-state index contributed by atoms with van der Waals surface area (Å²) in [6, 6.07) is 8.01. The molecule has 0 saturated heterocycles. The summed E-state index contributed by atoms with van der Waals surface area (Å²) in [5.74, 6) is 2.04. The normalized spacial score (nSPS) is 16.0. The van der Waals surface area contributed by atoms with E-state index in [0.29, 0.717) is 18.4 Å². The van der Waals surface area contributed by atoms with Crippen LogP contribution in [-0.2, 0) is 0 Å². The number of anilines is 2. The maximum absolute atomic E-state index is 10.2. The summed E-state index contributed by atoms with van der Waals surface area (Å²) in [6.07, 6.45) is 2.01. The van der Waals surface area contributed by atoms with Gasteiger partial charge < -0.3 is 14.9 Å². The average molecular weight is 286 g/mol. The zero-order valence-corrected chi connectivity index (χ0v) is 12.8. The quantitative estimate of drug-likeness (QED) is 0.910. The van der Waals surface area contributed by atoms with E-state index in [1.165, 1.54) is 0 Å². The lowest BCUT2D eigenvalue weighted by Gasteiger charge is -2.24. The van der Waals surface area contributed by atoms with Gasteiger partial charge in [0.1, 0.15) is 5.82 Å². The summed E-state index contributed by atoms with van der Waals surface area (Å²) in [7, 11) is 5.86. The Kier molecular flexibility index (Phi) is 3.68. The number of aliphatic hydroxyl groups excluding tert-OH is 1. The van der Waals surface area contributed by atoms with Crippen molar-refractivity contribution in [1.29, 1.82) is 0 Å². The average Bonchev–Trinajstić information content (AvgIpc) is 3.30. The Morgan fingerprint density at radius 1 is 1.19 bits per heavy atom. The standard InChI is InChI=1S/C16H22N4O/c1-19(2)16-17-13-7-5-4-6-12(13)15(18-16)20(3)10-14(21)11-8-9-11/h4-7,11,14,21H,8-10H2,1-3H3. The van der Waals surface area contributed by atoms with Crippen molar-refractivity contribution in [3.8, 4) is 0 Å². The van der Waals surface area contributed by atoms with Crippen LogP contribution in [0.25, 0.3) is 10.9 Å². The van der Waals surface area contributed by atoms with Crippen LogP contribution in [0.5, 0.6) is 0 Å². The zero-order chi connectivity index (χ0) is 15.0. The van der Waals surface area contributed by atoms with Gasteiger partial charge in [-0.25, -0.2) is 4.98 Å². The highest BCUT2D eigenvalue weighted by Gasteiger charge is 2.30. The van der Waals surface area contributed by atoms with Gasteiger partial charge >= 0.3 is 0 Å². The third-order valence-corrected chi connectivity index (χ3v) is 3.96. The molecule has 0 spiro atoms. The van der Waals surface area contributed by atoms with Crippen LogP contribution in [0.2, 0.25) is 0 Å². The molecule has 1 aliphatic rings. The van der Waals surface area contributed by atoms with E-state index in [4.69, 9.17) is 0 Å². The number of hydrogen-bond acceptors (Lipinski definition) is 5. The Bertz CT molecular complexity index is 639.